The minimum atomic E-state index is -0.178. The molecule has 4 heteroatoms. The molecular weight excluding hydrogens is 248 g/mol. The molecule has 3 nitrogen and oxygen atoms in total. The van der Waals surface area contributed by atoms with E-state index in [0.29, 0.717) is 11.3 Å². The lowest BCUT2D eigenvalue weighted by molar-refractivity contribution is -0.119. The number of halogens is 1. The van der Waals surface area contributed by atoms with Crippen LogP contribution in [0.15, 0.2) is 22.7 Å². The molecule has 0 fully saturated rings. The van der Waals surface area contributed by atoms with E-state index < -0.39 is 0 Å². The van der Waals surface area contributed by atoms with E-state index in [1.807, 2.05) is 0 Å². The van der Waals surface area contributed by atoms with Gasteiger partial charge in [-0.05, 0) is 18.2 Å². The molecule has 1 heterocycles. The highest BCUT2D eigenvalue weighted by atomic mass is 79.9. The highest BCUT2D eigenvalue weighted by Gasteiger charge is 2.21. The number of carbonyl (C=O) groups is 2. The van der Waals surface area contributed by atoms with Crippen molar-refractivity contribution in [2.75, 3.05) is 6.61 Å². The Balaban J connectivity index is 2.49. The third-order valence-electron chi connectivity index (χ3n) is 1.99. The molecule has 0 aromatic heterocycles. The smallest absolute Gasteiger partial charge is 0.177 e. The molecule has 1 aliphatic heterocycles. The first kappa shape index (κ1) is 9.40. The maximum atomic E-state index is 11.5. The van der Waals surface area contributed by atoms with Gasteiger partial charge >= 0.3 is 0 Å². The minimum Gasteiger partial charge on any atom is -0.485 e. The second-order valence-electron chi connectivity index (χ2n) is 3.07. The molecule has 0 saturated heterocycles. The first-order chi connectivity index (χ1) is 6.66. The molecule has 1 aromatic rings. The molecule has 0 spiro atoms. The second-order valence-corrected chi connectivity index (χ2v) is 3.98. The molecule has 1 aromatic carbocycles. The molecule has 0 N–H and O–H groups in total. The average Bonchev–Trinajstić information content (AvgIpc) is 2.27. The molecule has 2 rings (SSSR count). The predicted octanol–water partition coefficient (Wildman–Crippen LogP) is 1.98. The Morgan fingerprint density at radius 1 is 1.29 bits per heavy atom. The fourth-order valence-corrected chi connectivity index (χ4v) is 1.69. The van der Waals surface area contributed by atoms with E-state index in [2.05, 4.69) is 15.9 Å². The van der Waals surface area contributed by atoms with Crippen molar-refractivity contribution in [1.82, 2.24) is 0 Å². The average molecular weight is 255 g/mol. The van der Waals surface area contributed by atoms with Crippen LogP contribution in [0.25, 0.3) is 0 Å². The summed E-state index contributed by atoms with van der Waals surface area (Å²) in [6.45, 7) is -0.0135. The van der Waals surface area contributed by atoms with Gasteiger partial charge in [0.15, 0.2) is 11.6 Å². The van der Waals surface area contributed by atoms with E-state index in [0.717, 1.165) is 4.47 Å². The molecule has 72 valence electrons. The van der Waals surface area contributed by atoms with E-state index in [-0.39, 0.29) is 24.6 Å². The normalized spacial score (nSPS) is 15.8. The van der Waals surface area contributed by atoms with Gasteiger partial charge in [-0.3, -0.25) is 9.59 Å². The predicted molar refractivity (Wildman–Crippen MR) is 53.6 cm³/mol. The summed E-state index contributed by atoms with van der Waals surface area (Å²) in [6.07, 6.45) is -0.0660. The van der Waals surface area contributed by atoms with Gasteiger partial charge in [-0.2, -0.15) is 0 Å². The van der Waals surface area contributed by atoms with Crippen molar-refractivity contribution in [3.63, 3.8) is 0 Å². The fraction of sp³-hybridized carbons (Fsp3) is 0.200. The van der Waals surface area contributed by atoms with Gasteiger partial charge in [-0.15, -0.1) is 0 Å². The SMILES string of the molecule is O=C1COc2ccc(Br)cc2C(=O)C1. The number of fused-ring (bicyclic) bond motifs is 1. The number of benzene rings is 1. The Hall–Kier alpha value is -1.16. The number of rotatable bonds is 0. The van der Waals surface area contributed by atoms with Crippen LogP contribution in [0, 0.1) is 0 Å². The van der Waals surface area contributed by atoms with Crippen molar-refractivity contribution >= 4 is 27.5 Å². The van der Waals surface area contributed by atoms with Crippen LogP contribution in [0.4, 0.5) is 0 Å². The third kappa shape index (κ3) is 1.70. The molecule has 0 radical (unpaired) electrons. The molecule has 14 heavy (non-hydrogen) atoms. The maximum Gasteiger partial charge on any atom is 0.177 e. The van der Waals surface area contributed by atoms with Crippen molar-refractivity contribution in [3.05, 3.63) is 28.2 Å². The lowest BCUT2D eigenvalue weighted by Gasteiger charge is -2.04. The van der Waals surface area contributed by atoms with Crippen LogP contribution in [0.3, 0.4) is 0 Å². The van der Waals surface area contributed by atoms with E-state index in [9.17, 15) is 9.59 Å². The zero-order chi connectivity index (χ0) is 10.1. The van der Waals surface area contributed by atoms with Gasteiger partial charge in [-0.1, -0.05) is 15.9 Å². The van der Waals surface area contributed by atoms with E-state index >= 15 is 0 Å². The number of ketones is 2. The Kier molecular flexibility index (Phi) is 2.37. The molecular formula is C10H7BrO3. The summed E-state index contributed by atoms with van der Waals surface area (Å²) in [7, 11) is 0. The zero-order valence-corrected chi connectivity index (χ0v) is 8.83. The van der Waals surface area contributed by atoms with Crippen LogP contribution in [0.1, 0.15) is 16.8 Å². The fourth-order valence-electron chi connectivity index (χ4n) is 1.33. The van der Waals surface area contributed by atoms with Gasteiger partial charge in [0.2, 0.25) is 0 Å². The molecule has 0 unspecified atom stereocenters. The zero-order valence-electron chi connectivity index (χ0n) is 7.25. The molecule has 0 amide bonds. The van der Waals surface area contributed by atoms with Gasteiger partial charge in [0, 0.05) is 4.47 Å². The monoisotopic (exact) mass is 254 g/mol. The van der Waals surface area contributed by atoms with Crippen LogP contribution >= 0.6 is 15.9 Å². The van der Waals surface area contributed by atoms with Gasteiger partial charge in [-0.25, -0.2) is 0 Å². The standard InChI is InChI=1S/C10H7BrO3/c11-6-1-2-10-8(3-6)9(13)4-7(12)5-14-10/h1-3H,4-5H2. The molecule has 0 saturated carbocycles. The highest BCUT2D eigenvalue weighted by molar-refractivity contribution is 9.10. The summed E-state index contributed by atoms with van der Waals surface area (Å²) < 4.78 is 6.00. The van der Waals surface area contributed by atoms with Crippen molar-refractivity contribution in [1.29, 1.82) is 0 Å². The van der Waals surface area contributed by atoms with Crippen molar-refractivity contribution in [2.45, 2.75) is 6.42 Å². The van der Waals surface area contributed by atoms with E-state index in [4.69, 9.17) is 4.74 Å². The summed E-state index contributed by atoms with van der Waals surface area (Å²) in [4.78, 5) is 22.6. The number of carbonyl (C=O) groups excluding carboxylic acids is 2. The van der Waals surface area contributed by atoms with Crippen LogP contribution in [0.5, 0.6) is 5.75 Å². The number of hydrogen-bond donors (Lipinski definition) is 0. The largest absolute Gasteiger partial charge is 0.485 e. The van der Waals surface area contributed by atoms with E-state index in [1.165, 1.54) is 0 Å². The van der Waals surface area contributed by atoms with Crippen LogP contribution in [-0.4, -0.2) is 18.2 Å². The molecule has 0 bridgehead atoms. The topological polar surface area (TPSA) is 43.4 Å². The number of hydrogen-bond acceptors (Lipinski definition) is 3. The van der Waals surface area contributed by atoms with Crippen LogP contribution in [-0.2, 0) is 4.79 Å². The molecule has 0 aliphatic carbocycles. The molecule has 0 atom stereocenters. The van der Waals surface area contributed by atoms with Crippen molar-refractivity contribution < 1.29 is 14.3 Å². The number of Topliss-reactive ketones (excluding diaryl/α,β-unsaturated/α-hetero) is 2. The maximum absolute atomic E-state index is 11.5. The summed E-state index contributed by atoms with van der Waals surface area (Å²) in [5, 5.41) is 0. The Labute approximate surface area is 89.2 Å². The Morgan fingerprint density at radius 3 is 2.86 bits per heavy atom. The lowest BCUT2D eigenvalue weighted by Crippen LogP contribution is -2.10. The Morgan fingerprint density at radius 2 is 2.07 bits per heavy atom. The van der Waals surface area contributed by atoms with Crippen LogP contribution < -0.4 is 4.74 Å². The molecule has 1 aliphatic rings. The van der Waals surface area contributed by atoms with Gasteiger partial charge in [0.1, 0.15) is 12.4 Å². The van der Waals surface area contributed by atoms with Crippen molar-refractivity contribution in [2.24, 2.45) is 0 Å². The van der Waals surface area contributed by atoms with Gasteiger partial charge < -0.3 is 4.74 Å². The first-order valence-electron chi connectivity index (χ1n) is 4.14. The summed E-state index contributed by atoms with van der Waals surface area (Å²) in [5.41, 5.74) is 0.477. The Bertz CT molecular complexity index is 412. The highest BCUT2D eigenvalue weighted by Crippen LogP contribution is 2.26. The summed E-state index contributed by atoms with van der Waals surface area (Å²) in [5.74, 6) is 0.134. The van der Waals surface area contributed by atoms with Gasteiger partial charge in [0.05, 0.1) is 12.0 Å². The van der Waals surface area contributed by atoms with Gasteiger partial charge in [0.25, 0.3) is 0 Å². The summed E-state index contributed by atoms with van der Waals surface area (Å²) in [6, 6.07) is 5.15. The second kappa shape index (κ2) is 3.53. The van der Waals surface area contributed by atoms with E-state index in [1.54, 1.807) is 18.2 Å². The number of ether oxygens (including phenoxy) is 1. The van der Waals surface area contributed by atoms with Crippen molar-refractivity contribution in [3.8, 4) is 5.75 Å². The minimum absolute atomic E-state index is 0.0135. The quantitative estimate of drug-likeness (QED) is 0.666. The lowest BCUT2D eigenvalue weighted by atomic mass is 10.1. The first-order valence-corrected chi connectivity index (χ1v) is 4.93. The third-order valence-corrected chi connectivity index (χ3v) is 2.48. The summed E-state index contributed by atoms with van der Waals surface area (Å²) >= 11 is 3.27. The van der Waals surface area contributed by atoms with Crippen LogP contribution in [0.2, 0.25) is 0 Å².